The van der Waals surface area contributed by atoms with Gasteiger partial charge < -0.3 is 0 Å². The Morgan fingerprint density at radius 3 is 2.45 bits per heavy atom. The van der Waals surface area contributed by atoms with Crippen molar-refractivity contribution in [1.82, 2.24) is 5.48 Å². The van der Waals surface area contributed by atoms with Crippen molar-refractivity contribution in [3.05, 3.63) is 0 Å². The molecule has 0 radical (unpaired) electrons. The van der Waals surface area contributed by atoms with E-state index in [4.69, 9.17) is 0 Å². The summed E-state index contributed by atoms with van der Waals surface area (Å²) in [5.41, 5.74) is 2.02. The van der Waals surface area contributed by atoms with Gasteiger partial charge in [0, 0.05) is 5.41 Å². The van der Waals surface area contributed by atoms with E-state index in [-0.39, 0.29) is 11.3 Å². The van der Waals surface area contributed by atoms with Gasteiger partial charge in [-0.3, -0.25) is 9.63 Å². The first-order valence-corrected chi connectivity index (χ1v) is 3.88. The first-order chi connectivity index (χ1) is 5.04. The van der Waals surface area contributed by atoms with Gasteiger partial charge in [0.15, 0.2) is 0 Å². The fourth-order valence-corrected chi connectivity index (χ4v) is 0.969. The molecule has 0 spiro atoms. The lowest BCUT2D eigenvalue weighted by molar-refractivity contribution is -0.140. The molecule has 3 heteroatoms. The van der Waals surface area contributed by atoms with Gasteiger partial charge in [-0.05, 0) is 6.42 Å². The van der Waals surface area contributed by atoms with Gasteiger partial charge in [0.05, 0.1) is 7.11 Å². The number of hydrogen-bond donors (Lipinski definition) is 1. The van der Waals surface area contributed by atoms with Crippen LogP contribution in [0.25, 0.3) is 0 Å². The van der Waals surface area contributed by atoms with Gasteiger partial charge in [0.2, 0.25) is 5.91 Å². The van der Waals surface area contributed by atoms with Crippen LogP contribution in [0.15, 0.2) is 0 Å². The van der Waals surface area contributed by atoms with Crippen LogP contribution in [-0.2, 0) is 9.63 Å². The van der Waals surface area contributed by atoms with Crippen molar-refractivity contribution in [1.29, 1.82) is 0 Å². The van der Waals surface area contributed by atoms with Gasteiger partial charge in [0.25, 0.3) is 0 Å². The number of carbonyl (C=O) groups excluding carboxylic acids is 1. The van der Waals surface area contributed by atoms with Gasteiger partial charge in [-0.2, -0.15) is 0 Å². The molecule has 0 bridgehead atoms. The van der Waals surface area contributed by atoms with Crippen molar-refractivity contribution >= 4 is 5.91 Å². The van der Waals surface area contributed by atoms with Crippen LogP contribution in [-0.4, -0.2) is 13.0 Å². The van der Waals surface area contributed by atoms with Gasteiger partial charge in [-0.1, -0.05) is 27.2 Å². The highest BCUT2D eigenvalue weighted by Crippen LogP contribution is 2.21. The maximum atomic E-state index is 11.2. The normalized spacial score (nSPS) is 11.3. The molecule has 0 rings (SSSR count). The van der Waals surface area contributed by atoms with E-state index in [9.17, 15) is 4.79 Å². The average molecular weight is 159 g/mol. The summed E-state index contributed by atoms with van der Waals surface area (Å²) >= 11 is 0. The quantitative estimate of drug-likeness (QED) is 0.631. The van der Waals surface area contributed by atoms with Gasteiger partial charge in [-0.15, -0.1) is 0 Å². The minimum absolute atomic E-state index is 0.0538. The van der Waals surface area contributed by atoms with Crippen molar-refractivity contribution in [3.63, 3.8) is 0 Å². The van der Waals surface area contributed by atoms with E-state index in [0.717, 1.165) is 12.8 Å². The molecule has 1 amide bonds. The third-order valence-electron chi connectivity index (χ3n) is 1.68. The summed E-state index contributed by atoms with van der Waals surface area (Å²) in [6.07, 6.45) is 1.88. The van der Waals surface area contributed by atoms with Crippen molar-refractivity contribution < 1.29 is 9.63 Å². The Morgan fingerprint density at radius 2 is 2.09 bits per heavy atom. The Kier molecular flexibility index (Phi) is 4.11. The second kappa shape index (κ2) is 4.34. The second-order valence-corrected chi connectivity index (χ2v) is 3.27. The van der Waals surface area contributed by atoms with Crippen LogP contribution in [0.5, 0.6) is 0 Å². The van der Waals surface area contributed by atoms with Crippen molar-refractivity contribution in [2.24, 2.45) is 5.41 Å². The third kappa shape index (κ3) is 3.37. The minimum atomic E-state index is -0.315. The molecule has 0 aliphatic rings. The summed E-state index contributed by atoms with van der Waals surface area (Å²) in [7, 11) is 1.44. The fraction of sp³-hybridized carbons (Fsp3) is 0.875. The molecule has 0 aliphatic carbocycles. The van der Waals surface area contributed by atoms with Crippen LogP contribution in [0.2, 0.25) is 0 Å². The lowest BCUT2D eigenvalue weighted by Crippen LogP contribution is -2.36. The molecule has 3 nitrogen and oxygen atoms in total. The topological polar surface area (TPSA) is 38.3 Å². The van der Waals surface area contributed by atoms with Crippen LogP contribution >= 0.6 is 0 Å². The highest BCUT2D eigenvalue weighted by atomic mass is 16.6. The third-order valence-corrected chi connectivity index (χ3v) is 1.68. The number of hydrogen-bond acceptors (Lipinski definition) is 2. The van der Waals surface area contributed by atoms with Gasteiger partial charge in [0.1, 0.15) is 0 Å². The Balaban J connectivity index is 3.94. The highest BCUT2D eigenvalue weighted by Gasteiger charge is 2.26. The van der Waals surface area contributed by atoms with E-state index >= 15 is 0 Å². The molecule has 0 atom stereocenters. The van der Waals surface area contributed by atoms with Crippen molar-refractivity contribution in [3.8, 4) is 0 Å². The van der Waals surface area contributed by atoms with E-state index in [1.165, 1.54) is 7.11 Å². The molecule has 66 valence electrons. The summed E-state index contributed by atoms with van der Waals surface area (Å²) in [6.45, 7) is 5.87. The molecule has 0 saturated heterocycles. The number of amides is 1. The maximum absolute atomic E-state index is 11.2. The van der Waals surface area contributed by atoms with E-state index in [2.05, 4.69) is 17.2 Å². The summed E-state index contributed by atoms with van der Waals surface area (Å²) < 4.78 is 0. The summed E-state index contributed by atoms with van der Waals surface area (Å²) in [6, 6.07) is 0. The van der Waals surface area contributed by atoms with E-state index in [1.54, 1.807) is 0 Å². The minimum Gasteiger partial charge on any atom is -0.277 e. The maximum Gasteiger partial charge on any atom is 0.249 e. The molecule has 0 aromatic heterocycles. The number of nitrogens with one attached hydrogen (secondary N) is 1. The Hall–Kier alpha value is -0.570. The summed E-state index contributed by atoms with van der Waals surface area (Å²) in [5, 5.41) is 0. The Morgan fingerprint density at radius 1 is 1.55 bits per heavy atom. The summed E-state index contributed by atoms with van der Waals surface area (Å²) in [4.78, 5) is 15.8. The van der Waals surface area contributed by atoms with Crippen LogP contribution in [0.4, 0.5) is 0 Å². The highest BCUT2D eigenvalue weighted by molar-refractivity contribution is 5.80. The number of rotatable bonds is 4. The first-order valence-electron chi connectivity index (χ1n) is 3.88. The van der Waals surface area contributed by atoms with Crippen LogP contribution in [0, 0.1) is 5.41 Å². The van der Waals surface area contributed by atoms with Gasteiger partial charge >= 0.3 is 0 Å². The molecule has 0 aliphatic heterocycles. The van der Waals surface area contributed by atoms with Crippen LogP contribution in [0.3, 0.4) is 0 Å². The molecular weight excluding hydrogens is 142 g/mol. The predicted molar refractivity (Wildman–Crippen MR) is 43.8 cm³/mol. The molecular formula is C8H17NO2. The van der Waals surface area contributed by atoms with E-state index in [0.29, 0.717) is 0 Å². The molecule has 1 N–H and O–H groups in total. The summed E-state index contributed by atoms with van der Waals surface area (Å²) in [5.74, 6) is -0.0538. The molecule has 0 fully saturated rings. The van der Waals surface area contributed by atoms with E-state index < -0.39 is 0 Å². The lowest BCUT2D eigenvalue weighted by atomic mass is 9.87. The second-order valence-electron chi connectivity index (χ2n) is 3.27. The van der Waals surface area contributed by atoms with Gasteiger partial charge in [-0.25, -0.2) is 5.48 Å². The first kappa shape index (κ1) is 10.4. The molecule has 0 unspecified atom stereocenters. The number of hydroxylamine groups is 1. The zero-order valence-corrected chi connectivity index (χ0v) is 7.73. The smallest absolute Gasteiger partial charge is 0.249 e. The lowest BCUT2D eigenvalue weighted by Gasteiger charge is -2.21. The molecule has 0 aromatic carbocycles. The number of carbonyl (C=O) groups is 1. The molecule has 0 aromatic rings. The fourth-order valence-electron chi connectivity index (χ4n) is 0.969. The zero-order valence-electron chi connectivity index (χ0n) is 7.73. The molecule has 0 saturated carbocycles. The zero-order chi connectivity index (χ0) is 8.91. The van der Waals surface area contributed by atoms with Crippen molar-refractivity contribution in [2.45, 2.75) is 33.6 Å². The van der Waals surface area contributed by atoms with Crippen LogP contribution in [0.1, 0.15) is 33.6 Å². The monoisotopic (exact) mass is 159 g/mol. The molecule has 0 heterocycles. The molecule has 11 heavy (non-hydrogen) atoms. The van der Waals surface area contributed by atoms with Crippen LogP contribution < -0.4 is 5.48 Å². The predicted octanol–water partition coefficient (Wildman–Crippen LogP) is 1.49. The Labute approximate surface area is 68.1 Å². The van der Waals surface area contributed by atoms with Crippen molar-refractivity contribution in [2.75, 3.05) is 7.11 Å². The SMILES string of the molecule is CCCC(C)(C)C(=O)NOC. The van der Waals surface area contributed by atoms with E-state index in [1.807, 2.05) is 13.8 Å². The standard InChI is InChI=1S/C8H17NO2/c1-5-6-8(2,3)7(10)9-11-4/h5-6H2,1-4H3,(H,9,10). The largest absolute Gasteiger partial charge is 0.277 e. The average Bonchev–Trinajstić information content (AvgIpc) is 1.88. The Bertz CT molecular complexity index is 132.